The highest BCUT2D eigenvalue weighted by atomic mass is 16.5. The maximum absolute atomic E-state index is 13.3. The van der Waals surface area contributed by atoms with Gasteiger partial charge in [-0.25, -0.2) is 9.97 Å². The molecule has 0 radical (unpaired) electrons. The van der Waals surface area contributed by atoms with E-state index in [0.29, 0.717) is 33.9 Å². The van der Waals surface area contributed by atoms with Crippen LogP contribution in [0.3, 0.4) is 0 Å². The lowest BCUT2D eigenvalue weighted by Crippen LogP contribution is -2.25. The molecule has 7 nitrogen and oxygen atoms in total. The summed E-state index contributed by atoms with van der Waals surface area (Å²) in [6.45, 7) is 1.80. The minimum Gasteiger partial charge on any atom is -0.510 e. The predicted molar refractivity (Wildman–Crippen MR) is 108 cm³/mol. The lowest BCUT2D eigenvalue weighted by Gasteiger charge is -2.09. The number of aliphatic hydroxyl groups excluding tert-OH is 1. The van der Waals surface area contributed by atoms with Crippen molar-refractivity contribution in [1.29, 1.82) is 0 Å². The van der Waals surface area contributed by atoms with Gasteiger partial charge in [0.2, 0.25) is 5.89 Å². The molecule has 0 amide bonds. The van der Waals surface area contributed by atoms with Crippen LogP contribution in [0, 0.1) is 6.92 Å². The average molecular weight is 387 g/mol. The summed E-state index contributed by atoms with van der Waals surface area (Å²) in [6, 6.07) is 14.8. The van der Waals surface area contributed by atoms with E-state index in [9.17, 15) is 9.90 Å². The highest BCUT2D eigenvalue weighted by molar-refractivity contribution is 5.83. The van der Waals surface area contributed by atoms with E-state index in [0.717, 1.165) is 5.56 Å². The van der Waals surface area contributed by atoms with Gasteiger partial charge in [0.05, 0.1) is 24.9 Å². The van der Waals surface area contributed by atoms with Gasteiger partial charge in [0, 0.05) is 0 Å². The minimum absolute atomic E-state index is 0.0578. The molecule has 0 saturated heterocycles. The summed E-state index contributed by atoms with van der Waals surface area (Å²) < 4.78 is 12.6. The van der Waals surface area contributed by atoms with Crippen molar-refractivity contribution in [2.24, 2.45) is 0 Å². The summed E-state index contributed by atoms with van der Waals surface area (Å²) in [5.74, 6) is 1.29. The fraction of sp³-hybridized carbons (Fsp3) is 0.136. The Labute approximate surface area is 165 Å². The van der Waals surface area contributed by atoms with Gasteiger partial charge in [-0.3, -0.25) is 9.36 Å². The third-order valence-electron chi connectivity index (χ3n) is 5.05. The molecule has 3 heterocycles. The molecule has 2 aromatic carbocycles. The number of hydrogen-bond donors (Lipinski definition) is 1. The first-order valence-electron chi connectivity index (χ1n) is 9.11. The first-order chi connectivity index (χ1) is 14.1. The van der Waals surface area contributed by atoms with Crippen LogP contribution in [0.4, 0.5) is 0 Å². The summed E-state index contributed by atoms with van der Waals surface area (Å²) in [4.78, 5) is 22.4. The summed E-state index contributed by atoms with van der Waals surface area (Å²) >= 11 is 0. The highest BCUT2D eigenvalue weighted by Gasteiger charge is 2.29. The van der Waals surface area contributed by atoms with Crippen molar-refractivity contribution in [2.75, 3.05) is 7.11 Å². The Hall–Kier alpha value is -3.87. The predicted octanol–water partition coefficient (Wildman–Crippen LogP) is 3.70. The molecule has 0 unspecified atom stereocenters. The van der Waals surface area contributed by atoms with Gasteiger partial charge in [-0.2, -0.15) is 0 Å². The number of oxazole rings is 1. The van der Waals surface area contributed by atoms with Crippen LogP contribution >= 0.6 is 0 Å². The quantitative estimate of drug-likeness (QED) is 0.576. The largest absolute Gasteiger partial charge is 0.510 e. The number of aliphatic hydroxyl groups is 1. The van der Waals surface area contributed by atoms with Crippen molar-refractivity contribution in [2.45, 2.75) is 13.5 Å². The van der Waals surface area contributed by atoms with E-state index < -0.39 is 0 Å². The highest BCUT2D eigenvalue weighted by Crippen LogP contribution is 2.33. The van der Waals surface area contributed by atoms with Crippen LogP contribution in [-0.4, -0.2) is 26.8 Å². The SMILES string of the molecule is COc1cccc2oc(-c3c(C)nc4n(c3=O)CC(O)=C4c3ccccc3)nc12. The van der Waals surface area contributed by atoms with Gasteiger partial charge >= 0.3 is 0 Å². The second kappa shape index (κ2) is 6.34. The molecule has 144 valence electrons. The standard InChI is InChI=1S/C22H17N3O4/c1-12-17(21-24-19-15(28-2)9-6-10-16(19)29-21)22(27)25-11-14(26)18(20(25)23-12)13-7-4-3-5-8-13/h3-10,26H,11H2,1-2H3. The van der Waals surface area contributed by atoms with Crippen LogP contribution in [0.25, 0.3) is 28.1 Å². The van der Waals surface area contributed by atoms with E-state index in [1.165, 1.54) is 4.57 Å². The number of benzene rings is 2. The molecule has 0 fully saturated rings. The summed E-state index contributed by atoms with van der Waals surface area (Å²) in [7, 11) is 1.56. The maximum Gasteiger partial charge on any atom is 0.267 e. The van der Waals surface area contributed by atoms with Crippen LogP contribution in [0.15, 0.2) is 63.5 Å². The minimum atomic E-state index is -0.310. The number of rotatable bonds is 3. The number of ether oxygens (including phenoxy) is 1. The smallest absolute Gasteiger partial charge is 0.267 e. The molecular weight excluding hydrogens is 370 g/mol. The zero-order chi connectivity index (χ0) is 20.1. The van der Waals surface area contributed by atoms with Gasteiger partial charge in [-0.05, 0) is 24.6 Å². The molecule has 4 aromatic rings. The lowest BCUT2D eigenvalue weighted by molar-refractivity contribution is 0.386. The second-order valence-corrected chi connectivity index (χ2v) is 6.80. The van der Waals surface area contributed by atoms with Crippen molar-refractivity contribution < 1.29 is 14.3 Å². The zero-order valence-electron chi connectivity index (χ0n) is 15.8. The topological polar surface area (TPSA) is 90.4 Å². The Morgan fingerprint density at radius 3 is 2.66 bits per heavy atom. The first kappa shape index (κ1) is 17.2. The monoisotopic (exact) mass is 387 g/mol. The number of aromatic nitrogens is 3. The van der Waals surface area contributed by atoms with E-state index >= 15 is 0 Å². The molecule has 5 rings (SSSR count). The van der Waals surface area contributed by atoms with Crippen LogP contribution in [0.2, 0.25) is 0 Å². The number of allylic oxidation sites excluding steroid dienone is 1. The summed E-state index contributed by atoms with van der Waals surface area (Å²) in [6.07, 6.45) is 0. The number of methoxy groups -OCH3 is 1. The molecular formula is C22H17N3O4. The van der Waals surface area contributed by atoms with E-state index in [2.05, 4.69) is 9.97 Å². The molecule has 0 aliphatic carbocycles. The van der Waals surface area contributed by atoms with Gasteiger partial charge in [0.25, 0.3) is 5.56 Å². The molecule has 0 bridgehead atoms. The van der Waals surface area contributed by atoms with Crippen LogP contribution in [-0.2, 0) is 6.54 Å². The molecule has 0 spiro atoms. The maximum atomic E-state index is 13.3. The van der Waals surface area contributed by atoms with Crippen molar-refractivity contribution in [3.05, 3.63) is 81.7 Å². The molecule has 1 aliphatic heterocycles. The number of fused-ring (bicyclic) bond motifs is 2. The number of aryl methyl sites for hydroxylation is 1. The fourth-order valence-corrected chi connectivity index (χ4v) is 3.70. The van der Waals surface area contributed by atoms with Crippen molar-refractivity contribution in [3.63, 3.8) is 0 Å². The normalized spacial score (nSPS) is 13.2. The van der Waals surface area contributed by atoms with E-state index in [-0.39, 0.29) is 29.3 Å². The fourth-order valence-electron chi connectivity index (χ4n) is 3.70. The van der Waals surface area contributed by atoms with Crippen LogP contribution in [0.5, 0.6) is 5.75 Å². The Morgan fingerprint density at radius 1 is 1.10 bits per heavy atom. The number of para-hydroxylation sites is 1. The molecule has 7 heteroatoms. The van der Waals surface area contributed by atoms with Crippen molar-refractivity contribution >= 4 is 16.7 Å². The molecule has 1 N–H and O–H groups in total. The Bertz CT molecular complexity index is 1350. The van der Waals surface area contributed by atoms with Crippen LogP contribution in [0.1, 0.15) is 17.1 Å². The summed E-state index contributed by atoms with van der Waals surface area (Å²) in [5.41, 5.74) is 2.88. The first-order valence-corrected chi connectivity index (χ1v) is 9.11. The van der Waals surface area contributed by atoms with Gasteiger partial charge in [0.1, 0.15) is 22.9 Å². The second-order valence-electron chi connectivity index (χ2n) is 6.80. The number of nitrogens with zero attached hydrogens (tertiary/aromatic N) is 3. The van der Waals surface area contributed by atoms with Gasteiger partial charge in [0.15, 0.2) is 11.1 Å². The van der Waals surface area contributed by atoms with Crippen molar-refractivity contribution in [3.8, 4) is 17.2 Å². The molecule has 1 aliphatic rings. The van der Waals surface area contributed by atoms with E-state index in [4.69, 9.17) is 9.15 Å². The van der Waals surface area contributed by atoms with Crippen molar-refractivity contribution in [1.82, 2.24) is 14.5 Å². The van der Waals surface area contributed by atoms with Gasteiger partial charge in [-0.15, -0.1) is 0 Å². The lowest BCUT2D eigenvalue weighted by atomic mass is 10.1. The average Bonchev–Trinajstić information content (AvgIpc) is 3.29. The molecule has 29 heavy (non-hydrogen) atoms. The Morgan fingerprint density at radius 2 is 1.90 bits per heavy atom. The third-order valence-corrected chi connectivity index (χ3v) is 5.05. The molecule has 0 atom stereocenters. The van der Waals surface area contributed by atoms with Gasteiger partial charge in [-0.1, -0.05) is 36.4 Å². The van der Waals surface area contributed by atoms with E-state index in [1.807, 2.05) is 30.3 Å². The third kappa shape index (κ3) is 2.55. The molecule has 2 aromatic heterocycles. The number of hydrogen-bond acceptors (Lipinski definition) is 6. The van der Waals surface area contributed by atoms with Gasteiger partial charge < -0.3 is 14.3 Å². The Kier molecular flexibility index (Phi) is 3.77. The summed E-state index contributed by atoms with van der Waals surface area (Å²) in [5, 5.41) is 10.5. The Balaban J connectivity index is 1.70. The van der Waals surface area contributed by atoms with Crippen LogP contribution < -0.4 is 10.3 Å². The van der Waals surface area contributed by atoms with E-state index in [1.54, 1.807) is 32.2 Å². The molecule has 0 saturated carbocycles. The zero-order valence-corrected chi connectivity index (χ0v) is 15.8.